The van der Waals surface area contributed by atoms with E-state index in [-0.39, 0.29) is 5.96 Å². The van der Waals surface area contributed by atoms with Crippen LogP contribution in [0.25, 0.3) is 0 Å². The van der Waals surface area contributed by atoms with Crippen molar-refractivity contribution in [2.45, 2.75) is 6.17 Å². The van der Waals surface area contributed by atoms with Crippen molar-refractivity contribution in [1.29, 1.82) is 0 Å². The summed E-state index contributed by atoms with van der Waals surface area (Å²) in [6, 6.07) is 3.51. The number of ether oxygens (including phenoxy) is 3. The molecule has 1 atom stereocenters. The number of aliphatic imine (C=N–C) groups is 2. The van der Waals surface area contributed by atoms with Crippen LogP contribution in [0.2, 0.25) is 0 Å². The van der Waals surface area contributed by atoms with Crippen molar-refractivity contribution >= 4 is 11.8 Å². The number of rotatable bonds is 4. The standard InChI is InChI=1S/C14H18N6O3/c1-21-7-5-9(23-3)8(22-2)4-6(7)12-17-10-11(15)18-14(16)20-13(10)19-12/h4-5,13H,15H2,1-3H3,(H,17,19)(H3,16,18,20). The molecule has 0 fully saturated rings. The number of methoxy groups -OCH3 is 3. The third-order valence-corrected chi connectivity index (χ3v) is 3.54. The normalized spacial score (nSPS) is 19.2. The molecule has 0 saturated carbocycles. The van der Waals surface area contributed by atoms with E-state index in [0.717, 1.165) is 0 Å². The van der Waals surface area contributed by atoms with Gasteiger partial charge >= 0.3 is 0 Å². The highest BCUT2D eigenvalue weighted by Gasteiger charge is 2.31. The van der Waals surface area contributed by atoms with Gasteiger partial charge in [-0.2, -0.15) is 0 Å². The van der Waals surface area contributed by atoms with Crippen molar-refractivity contribution in [2.24, 2.45) is 21.5 Å². The van der Waals surface area contributed by atoms with Gasteiger partial charge in [-0.25, -0.2) is 9.98 Å². The van der Waals surface area contributed by atoms with Gasteiger partial charge in [0.1, 0.15) is 23.1 Å². The second kappa shape index (κ2) is 5.59. The maximum absolute atomic E-state index is 5.92. The van der Waals surface area contributed by atoms with Gasteiger partial charge in [0.2, 0.25) is 0 Å². The quantitative estimate of drug-likeness (QED) is 0.585. The van der Waals surface area contributed by atoms with Gasteiger partial charge in [0, 0.05) is 6.07 Å². The van der Waals surface area contributed by atoms with E-state index >= 15 is 0 Å². The number of fused-ring (bicyclic) bond motifs is 1. The molecule has 122 valence electrons. The molecule has 1 unspecified atom stereocenters. The first kappa shape index (κ1) is 14.8. The first-order valence-electron chi connectivity index (χ1n) is 6.82. The first-order valence-corrected chi connectivity index (χ1v) is 6.82. The number of nitrogens with zero attached hydrogens (tertiary/aromatic N) is 2. The number of guanidine groups is 1. The lowest BCUT2D eigenvalue weighted by Crippen LogP contribution is -2.42. The van der Waals surface area contributed by atoms with Crippen molar-refractivity contribution in [1.82, 2.24) is 10.6 Å². The second-order valence-electron chi connectivity index (χ2n) is 4.85. The van der Waals surface area contributed by atoms with Gasteiger partial charge in [0.15, 0.2) is 23.6 Å². The number of nitrogens with one attached hydrogen (secondary N) is 2. The third kappa shape index (κ3) is 2.45. The molecule has 0 radical (unpaired) electrons. The molecule has 0 aromatic heterocycles. The summed E-state index contributed by atoms with van der Waals surface area (Å²) < 4.78 is 16.0. The van der Waals surface area contributed by atoms with Crippen molar-refractivity contribution in [3.63, 3.8) is 0 Å². The van der Waals surface area contributed by atoms with E-state index in [1.54, 1.807) is 33.5 Å². The highest BCUT2D eigenvalue weighted by Crippen LogP contribution is 2.36. The smallest absolute Gasteiger partial charge is 0.196 e. The molecular formula is C14H18N6O3. The van der Waals surface area contributed by atoms with E-state index in [1.165, 1.54) is 0 Å². The highest BCUT2D eigenvalue weighted by molar-refractivity contribution is 6.05. The molecule has 0 saturated heterocycles. The van der Waals surface area contributed by atoms with Crippen LogP contribution < -0.4 is 36.3 Å². The zero-order valence-corrected chi connectivity index (χ0v) is 13.0. The summed E-state index contributed by atoms with van der Waals surface area (Å²) in [5, 5.41) is 5.91. The van der Waals surface area contributed by atoms with Crippen molar-refractivity contribution in [3.05, 3.63) is 29.2 Å². The Labute approximate surface area is 133 Å². The largest absolute Gasteiger partial charge is 0.496 e. The summed E-state index contributed by atoms with van der Waals surface area (Å²) in [7, 11) is 4.69. The number of hydrogen-bond acceptors (Lipinski definition) is 9. The van der Waals surface area contributed by atoms with Crippen LogP contribution in [0, 0.1) is 0 Å². The predicted octanol–water partition coefficient (Wildman–Crippen LogP) is -0.566. The van der Waals surface area contributed by atoms with E-state index in [0.29, 0.717) is 40.2 Å². The van der Waals surface area contributed by atoms with Crippen LogP contribution in [0.3, 0.4) is 0 Å². The van der Waals surface area contributed by atoms with E-state index in [2.05, 4.69) is 20.6 Å². The Hall–Kier alpha value is -3.10. The molecule has 9 heteroatoms. The Bertz CT molecular complexity index is 740. The minimum absolute atomic E-state index is 0.224. The molecule has 9 nitrogen and oxygen atoms in total. The molecule has 0 aliphatic carbocycles. The Balaban J connectivity index is 2.06. The van der Waals surface area contributed by atoms with Crippen molar-refractivity contribution in [2.75, 3.05) is 21.3 Å². The Morgan fingerprint density at radius 1 is 0.913 bits per heavy atom. The van der Waals surface area contributed by atoms with Crippen LogP contribution in [-0.4, -0.2) is 39.3 Å². The summed E-state index contributed by atoms with van der Waals surface area (Å²) in [4.78, 5) is 8.71. The third-order valence-electron chi connectivity index (χ3n) is 3.54. The molecule has 0 bridgehead atoms. The van der Waals surface area contributed by atoms with Gasteiger partial charge in [-0.15, -0.1) is 0 Å². The van der Waals surface area contributed by atoms with Crippen LogP contribution in [0.5, 0.6) is 17.2 Å². The molecule has 23 heavy (non-hydrogen) atoms. The number of hydrogen-bond donors (Lipinski definition) is 4. The monoisotopic (exact) mass is 318 g/mol. The minimum atomic E-state index is -0.496. The van der Waals surface area contributed by atoms with Crippen LogP contribution in [-0.2, 0) is 0 Å². The predicted molar refractivity (Wildman–Crippen MR) is 85.5 cm³/mol. The number of nitrogens with two attached hydrogens (primary N) is 2. The van der Waals surface area contributed by atoms with Gasteiger partial charge < -0.3 is 36.3 Å². The number of benzene rings is 1. The topological polar surface area (TPSA) is 129 Å². The van der Waals surface area contributed by atoms with Gasteiger partial charge in [-0.3, -0.25) is 0 Å². The van der Waals surface area contributed by atoms with Crippen LogP contribution >= 0.6 is 0 Å². The van der Waals surface area contributed by atoms with E-state index in [4.69, 9.17) is 25.7 Å². The molecule has 2 aliphatic heterocycles. The molecule has 1 aromatic carbocycles. The fraction of sp³-hybridized carbons (Fsp3) is 0.286. The lowest BCUT2D eigenvalue weighted by Gasteiger charge is -2.17. The molecule has 2 aliphatic rings. The maximum atomic E-state index is 5.92. The first-order chi connectivity index (χ1) is 11.1. The molecule has 3 rings (SSSR count). The Morgan fingerprint density at radius 3 is 2.22 bits per heavy atom. The molecule has 6 N–H and O–H groups in total. The number of amidine groups is 1. The van der Waals surface area contributed by atoms with Gasteiger partial charge in [-0.05, 0) is 6.07 Å². The van der Waals surface area contributed by atoms with Gasteiger partial charge in [0.05, 0.1) is 26.9 Å². The lowest BCUT2D eigenvalue weighted by molar-refractivity contribution is 0.348. The summed E-state index contributed by atoms with van der Waals surface area (Å²) in [6.07, 6.45) is -0.496. The SMILES string of the molecule is COc1cc(OC)c(C2=NC3N=C(N)NC(N)=C3N2)cc1OC. The zero-order valence-electron chi connectivity index (χ0n) is 13.0. The maximum Gasteiger partial charge on any atom is 0.196 e. The summed E-state index contributed by atoms with van der Waals surface area (Å²) >= 11 is 0. The molecule has 0 amide bonds. The van der Waals surface area contributed by atoms with E-state index in [9.17, 15) is 0 Å². The molecule has 1 aromatic rings. The fourth-order valence-corrected chi connectivity index (χ4v) is 2.43. The fourth-order valence-electron chi connectivity index (χ4n) is 2.43. The summed E-state index contributed by atoms with van der Waals surface area (Å²) in [5.41, 5.74) is 12.9. The van der Waals surface area contributed by atoms with Crippen LogP contribution in [0.1, 0.15) is 5.56 Å². The van der Waals surface area contributed by atoms with E-state index < -0.39 is 6.17 Å². The molecule has 0 spiro atoms. The van der Waals surface area contributed by atoms with Crippen molar-refractivity contribution < 1.29 is 14.2 Å². The molecule has 2 heterocycles. The van der Waals surface area contributed by atoms with Crippen LogP contribution in [0.4, 0.5) is 0 Å². The summed E-state index contributed by atoms with van der Waals surface area (Å²) in [5.74, 6) is 2.88. The van der Waals surface area contributed by atoms with Crippen molar-refractivity contribution in [3.8, 4) is 17.2 Å². The van der Waals surface area contributed by atoms with E-state index in [1.807, 2.05) is 0 Å². The van der Waals surface area contributed by atoms with Crippen LogP contribution in [0.15, 0.2) is 33.6 Å². The lowest BCUT2D eigenvalue weighted by atomic mass is 10.1. The average Bonchev–Trinajstić information content (AvgIpc) is 2.97. The Morgan fingerprint density at radius 2 is 1.57 bits per heavy atom. The molecular weight excluding hydrogens is 300 g/mol. The highest BCUT2D eigenvalue weighted by atomic mass is 16.5. The second-order valence-corrected chi connectivity index (χ2v) is 4.85. The Kier molecular flexibility index (Phi) is 3.61. The summed E-state index contributed by atoms with van der Waals surface area (Å²) in [6.45, 7) is 0. The van der Waals surface area contributed by atoms with Gasteiger partial charge in [-0.1, -0.05) is 0 Å². The zero-order chi connectivity index (χ0) is 16.6. The average molecular weight is 318 g/mol. The van der Waals surface area contributed by atoms with Gasteiger partial charge in [0.25, 0.3) is 0 Å². The minimum Gasteiger partial charge on any atom is -0.496 e.